The standard InChI is InChI=1S/C18H21N3O6/c1-9-13(16(22)21(3)18(25)20(9)2)11-5-4-10(8-12(19)17(23)24)14-15(11)27-7-6-26-14/h4-5,12H,6-8,19H2,1-3H3,(H,23,24). The number of carboxylic acid groups (broad SMARTS) is 1. The summed E-state index contributed by atoms with van der Waals surface area (Å²) < 4.78 is 13.9. The number of benzene rings is 1. The molecule has 0 bridgehead atoms. The van der Waals surface area contributed by atoms with Crippen molar-refractivity contribution in [2.24, 2.45) is 19.8 Å². The SMILES string of the molecule is Cc1c(-c2ccc(CC(N)C(=O)O)c3c2OCCO3)c(=O)n(C)c(=O)n1C. The van der Waals surface area contributed by atoms with E-state index in [2.05, 4.69) is 0 Å². The fourth-order valence-corrected chi connectivity index (χ4v) is 3.13. The maximum absolute atomic E-state index is 12.8. The molecule has 3 rings (SSSR count). The van der Waals surface area contributed by atoms with Gasteiger partial charge in [-0.15, -0.1) is 0 Å². The van der Waals surface area contributed by atoms with Gasteiger partial charge in [0.25, 0.3) is 5.56 Å². The van der Waals surface area contributed by atoms with Crippen molar-refractivity contribution < 1.29 is 19.4 Å². The molecular weight excluding hydrogens is 354 g/mol. The molecule has 0 radical (unpaired) electrons. The molecule has 2 aromatic rings. The van der Waals surface area contributed by atoms with Crippen LogP contribution >= 0.6 is 0 Å². The maximum atomic E-state index is 12.8. The number of nitrogens with two attached hydrogens (primary N) is 1. The minimum Gasteiger partial charge on any atom is -0.486 e. The predicted octanol–water partition coefficient (Wildman–Crippen LogP) is -0.215. The summed E-state index contributed by atoms with van der Waals surface area (Å²) >= 11 is 0. The molecule has 27 heavy (non-hydrogen) atoms. The number of fused-ring (bicyclic) bond motifs is 1. The third-order valence-corrected chi connectivity index (χ3v) is 4.75. The zero-order chi connectivity index (χ0) is 19.9. The minimum atomic E-state index is -1.12. The van der Waals surface area contributed by atoms with E-state index in [1.165, 1.54) is 11.6 Å². The average Bonchev–Trinajstić information content (AvgIpc) is 2.66. The highest BCUT2D eigenvalue weighted by Gasteiger charge is 2.26. The van der Waals surface area contributed by atoms with Gasteiger partial charge in [-0.05, 0) is 13.0 Å². The van der Waals surface area contributed by atoms with Crippen LogP contribution in [0.4, 0.5) is 0 Å². The predicted molar refractivity (Wildman–Crippen MR) is 97.4 cm³/mol. The summed E-state index contributed by atoms with van der Waals surface area (Å²) in [5.41, 5.74) is 6.69. The fraction of sp³-hybridized carbons (Fsp3) is 0.389. The number of hydrogen-bond acceptors (Lipinski definition) is 6. The number of carboxylic acids is 1. The van der Waals surface area contributed by atoms with Crippen LogP contribution in [-0.4, -0.2) is 39.5 Å². The monoisotopic (exact) mass is 375 g/mol. The van der Waals surface area contributed by atoms with E-state index in [9.17, 15) is 14.4 Å². The van der Waals surface area contributed by atoms with Gasteiger partial charge in [-0.3, -0.25) is 14.2 Å². The molecule has 0 amide bonds. The summed E-state index contributed by atoms with van der Waals surface area (Å²) in [6.07, 6.45) is 0.0611. The van der Waals surface area contributed by atoms with E-state index in [0.29, 0.717) is 47.1 Å². The minimum absolute atomic E-state index is 0.0611. The van der Waals surface area contributed by atoms with Crippen molar-refractivity contribution >= 4 is 5.97 Å². The summed E-state index contributed by atoms with van der Waals surface area (Å²) in [5.74, 6) is -0.381. The summed E-state index contributed by atoms with van der Waals surface area (Å²) in [6, 6.07) is 2.26. The molecule has 1 aromatic heterocycles. The molecular formula is C18H21N3O6. The molecule has 1 aliphatic heterocycles. The van der Waals surface area contributed by atoms with Gasteiger partial charge in [0.15, 0.2) is 11.5 Å². The van der Waals surface area contributed by atoms with Gasteiger partial charge >= 0.3 is 11.7 Å². The van der Waals surface area contributed by atoms with Crippen LogP contribution in [0, 0.1) is 6.92 Å². The molecule has 1 atom stereocenters. The molecule has 1 aromatic carbocycles. The Kier molecular flexibility index (Phi) is 4.79. The normalized spacial score (nSPS) is 14.1. The summed E-state index contributed by atoms with van der Waals surface area (Å²) in [6.45, 7) is 2.28. The first-order chi connectivity index (χ1) is 12.7. The Labute approximate surface area is 154 Å². The van der Waals surface area contributed by atoms with Crippen LogP contribution < -0.4 is 26.5 Å². The van der Waals surface area contributed by atoms with E-state index in [-0.39, 0.29) is 6.42 Å². The lowest BCUT2D eigenvalue weighted by Crippen LogP contribution is -2.39. The molecule has 9 heteroatoms. The van der Waals surface area contributed by atoms with Gasteiger partial charge < -0.3 is 24.9 Å². The van der Waals surface area contributed by atoms with Gasteiger partial charge in [0.05, 0.1) is 5.56 Å². The molecule has 0 saturated carbocycles. The lowest BCUT2D eigenvalue weighted by molar-refractivity contribution is -0.138. The maximum Gasteiger partial charge on any atom is 0.330 e. The van der Waals surface area contributed by atoms with Crippen LogP contribution in [0.1, 0.15) is 11.3 Å². The van der Waals surface area contributed by atoms with Crippen LogP contribution in [0.3, 0.4) is 0 Å². The topological polar surface area (TPSA) is 126 Å². The van der Waals surface area contributed by atoms with Crippen molar-refractivity contribution in [3.05, 3.63) is 44.2 Å². The van der Waals surface area contributed by atoms with E-state index >= 15 is 0 Å². The third-order valence-electron chi connectivity index (χ3n) is 4.75. The lowest BCUT2D eigenvalue weighted by atomic mass is 9.97. The van der Waals surface area contributed by atoms with Gasteiger partial charge in [0.2, 0.25) is 0 Å². The number of ether oxygens (including phenoxy) is 2. The second-order valence-corrected chi connectivity index (χ2v) is 6.44. The van der Waals surface area contributed by atoms with Crippen LogP contribution in [0.2, 0.25) is 0 Å². The number of nitrogens with zero attached hydrogens (tertiary/aromatic N) is 2. The zero-order valence-corrected chi connectivity index (χ0v) is 15.3. The van der Waals surface area contributed by atoms with E-state index in [4.69, 9.17) is 20.3 Å². The molecule has 144 valence electrons. The van der Waals surface area contributed by atoms with Gasteiger partial charge in [-0.2, -0.15) is 0 Å². The highest BCUT2D eigenvalue weighted by molar-refractivity contribution is 5.78. The van der Waals surface area contributed by atoms with Crippen LogP contribution in [0.5, 0.6) is 11.5 Å². The lowest BCUT2D eigenvalue weighted by Gasteiger charge is -2.25. The van der Waals surface area contributed by atoms with Crippen molar-refractivity contribution in [3.8, 4) is 22.6 Å². The molecule has 0 spiro atoms. The van der Waals surface area contributed by atoms with Gasteiger partial charge in [0, 0.05) is 37.3 Å². The van der Waals surface area contributed by atoms with Gasteiger partial charge in [-0.1, -0.05) is 6.07 Å². The smallest absolute Gasteiger partial charge is 0.330 e. The van der Waals surface area contributed by atoms with E-state index in [0.717, 1.165) is 4.57 Å². The Morgan fingerprint density at radius 2 is 1.81 bits per heavy atom. The van der Waals surface area contributed by atoms with Crippen molar-refractivity contribution in [1.29, 1.82) is 0 Å². The molecule has 0 saturated heterocycles. The summed E-state index contributed by atoms with van der Waals surface area (Å²) in [5, 5.41) is 9.07. The van der Waals surface area contributed by atoms with E-state index in [1.807, 2.05) is 0 Å². The molecule has 3 N–H and O–H groups in total. The first-order valence-electron chi connectivity index (χ1n) is 8.40. The van der Waals surface area contributed by atoms with E-state index in [1.54, 1.807) is 26.1 Å². The molecule has 1 unspecified atom stereocenters. The van der Waals surface area contributed by atoms with Crippen molar-refractivity contribution in [3.63, 3.8) is 0 Å². The van der Waals surface area contributed by atoms with Crippen molar-refractivity contribution in [2.45, 2.75) is 19.4 Å². The molecule has 1 aliphatic rings. The largest absolute Gasteiger partial charge is 0.486 e. The van der Waals surface area contributed by atoms with Crippen LogP contribution in [0.15, 0.2) is 21.7 Å². The fourth-order valence-electron chi connectivity index (χ4n) is 3.13. The molecule has 9 nitrogen and oxygen atoms in total. The quantitative estimate of drug-likeness (QED) is 0.757. The zero-order valence-electron chi connectivity index (χ0n) is 15.3. The third kappa shape index (κ3) is 3.10. The summed E-state index contributed by atoms with van der Waals surface area (Å²) in [4.78, 5) is 36.0. The molecule has 0 fully saturated rings. The summed E-state index contributed by atoms with van der Waals surface area (Å²) in [7, 11) is 3.00. The average molecular weight is 375 g/mol. The van der Waals surface area contributed by atoms with Crippen molar-refractivity contribution in [2.75, 3.05) is 13.2 Å². The molecule has 0 aliphatic carbocycles. The second kappa shape index (κ2) is 6.92. The van der Waals surface area contributed by atoms with E-state index < -0.39 is 23.3 Å². The van der Waals surface area contributed by atoms with Crippen LogP contribution in [-0.2, 0) is 25.3 Å². The molecule has 2 heterocycles. The van der Waals surface area contributed by atoms with Crippen LogP contribution in [0.25, 0.3) is 11.1 Å². The Morgan fingerprint density at radius 1 is 1.19 bits per heavy atom. The highest BCUT2D eigenvalue weighted by atomic mass is 16.6. The van der Waals surface area contributed by atoms with Gasteiger partial charge in [0.1, 0.15) is 19.3 Å². The van der Waals surface area contributed by atoms with Gasteiger partial charge in [-0.25, -0.2) is 4.79 Å². The number of hydrogen-bond donors (Lipinski definition) is 2. The first kappa shape index (κ1) is 18.7. The number of aliphatic carboxylic acids is 1. The second-order valence-electron chi connectivity index (χ2n) is 6.44. The Bertz CT molecular complexity index is 1040. The Morgan fingerprint density at radius 3 is 2.44 bits per heavy atom. The Hall–Kier alpha value is -3.07. The number of carbonyl (C=O) groups is 1. The Balaban J connectivity index is 2.24. The number of rotatable bonds is 4. The highest BCUT2D eigenvalue weighted by Crippen LogP contribution is 2.42. The number of aromatic nitrogens is 2. The van der Waals surface area contributed by atoms with Crippen molar-refractivity contribution in [1.82, 2.24) is 9.13 Å². The first-order valence-corrected chi connectivity index (χ1v) is 8.40.